The molecule has 0 saturated carbocycles. The summed E-state index contributed by atoms with van der Waals surface area (Å²) in [7, 11) is 4.44. The molecule has 156 valence electrons. The molecule has 1 aliphatic rings. The molecule has 0 radical (unpaired) electrons. The Hall–Kier alpha value is -3.26. The number of hydrogen-bond donors (Lipinski definition) is 0. The van der Waals surface area contributed by atoms with Gasteiger partial charge in [0, 0.05) is 12.6 Å². The van der Waals surface area contributed by atoms with E-state index in [9.17, 15) is 9.59 Å². The second-order valence-corrected chi connectivity index (χ2v) is 7.27. The number of esters is 1. The minimum absolute atomic E-state index is 0.277. The van der Waals surface area contributed by atoms with Gasteiger partial charge in [-0.25, -0.2) is 9.79 Å². The van der Waals surface area contributed by atoms with Crippen molar-refractivity contribution in [2.75, 3.05) is 27.9 Å². The summed E-state index contributed by atoms with van der Waals surface area (Å²) in [6, 6.07) is 15.0. The zero-order valence-electron chi connectivity index (χ0n) is 17.0. The van der Waals surface area contributed by atoms with Crippen LogP contribution in [0.3, 0.4) is 0 Å². The molecule has 0 aromatic heterocycles. The molecule has 1 fully saturated rings. The molecule has 1 amide bonds. The van der Waals surface area contributed by atoms with Gasteiger partial charge in [-0.3, -0.25) is 9.69 Å². The number of carbonyl (C=O) groups excluding carboxylic acids is 2. The first-order valence-corrected chi connectivity index (χ1v) is 10.0. The van der Waals surface area contributed by atoms with Crippen LogP contribution < -0.4 is 9.47 Å². The number of carbonyl (C=O) groups is 2. The summed E-state index contributed by atoms with van der Waals surface area (Å²) in [6.45, 7) is 0.394. The maximum Gasteiger partial charge on any atom is 0.331 e. The smallest absolute Gasteiger partial charge is 0.331 e. The van der Waals surface area contributed by atoms with Gasteiger partial charge in [-0.2, -0.15) is 0 Å². The third-order valence-corrected chi connectivity index (χ3v) is 5.40. The van der Waals surface area contributed by atoms with Crippen molar-refractivity contribution in [2.24, 2.45) is 4.99 Å². The number of methoxy groups -OCH3 is 3. The second-order valence-electron chi connectivity index (χ2n) is 6.26. The Bertz CT molecular complexity index is 988. The average Bonchev–Trinajstić information content (AvgIpc) is 3.06. The van der Waals surface area contributed by atoms with E-state index in [0.717, 1.165) is 23.0 Å². The lowest BCUT2D eigenvalue weighted by atomic mass is 10.1. The highest BCUT2D eigenvalue weighted by Crippen LogP contribution is 2.33. The SMILES string of the molecule is COC(=O)/C=C1\SC(=Nc2ccccc2)N(CCc2ccc(OC)c(OC)c2)C1=O. The minimum Gasteiger partial charge on any atom is -0.493 e. The van der Waals surface area contributed by atoms with Crippen molar-refractivity contribution >= 4 is 34.5 Å². The number of amides is 1. The van der Waals surface area contributed by atoms with Gasteiger partial charge >= 0.3 is 5.97 Å². The molecule has 3 rings (SSSR count). The summed E-state index contributed by atoms with van der Waals surface area (Å²) >= 11 is 1.16. The fourth-order valence-electron chi connectivity index (χ4n) is 2.84. The molecule has 0 N–H and O–H groups in total. The highest BCUT2D eigenvalue weighted by atomic mass is 32.2. The summed E-state index contributed by atoms with van der Waals surface area (Å²) in [5.74, 6) is 0.414. The lowest BCUT2D eigenvalue weighted by Crippen LogP contribution is -2.31. The van der Waals surface area contributed by atoms with E-state index < -0.39 is 5.97 Å². The van der Waals surface area contributed by atoms with Crippen LogP contribution in [0.15, 0.2) is 64.5 Å². The number of hydrogen-bond acceptors (Lipinski definition) is 7. The maximum absolute atomic E-state index is 12.9. The number of thioether (sulfide) groups is 1. The molecule has 0 spiro atoms. The molecule has 2 aromatic rings. The largest absolute Gasteiger partial charge is 0.493 e. The van der Waals surface area contributed by atoms with E-state index in [4.69, 9.17) is 9.47 Å². The number of nitrogens with zero attached hydrogens (tertiary/aromatic N) is 2. The highest BCUT2D eigenvalue weighted by Gasteiger charge is 2.34. The van der Waals surface area contributed by atoms with Gasteiger partial charge < -0.3 is 14.2 Å². The zero-order valence-corrected chi connectivity index (χ0v) is 17.8. The van der Waals surface area contributed by atoms with Crippen LogP contribution in [-0.4, -0.2) is 49.8 Å². The van der Waals surface area contributed by atoms with Crippen LogP contribution in [-0.2, 0) is 20.7 Å². The van der Waals surface area contributed by atoms with Crippen molar-refractivity contribution in [2.45, 2.75) is 6.42 Å². The van der Waals surface area contributed by atoms with E-state index in [2.05, 4.69) is 9.73 Å². The standard InChI is InChI=1S/C22H22N2O5S/c1-27-17-10-9-15(13-18(17)28-2)11-12-24-21(26)19(14-20(25)29-3)30-22(24)23-16-7-5-4-6-8-16/h4-10,13-14H,11-12H2,1-3H3/b19-14-,23-22?. The Labute approximate surface area is 179 Å². The van der Waals surface area contributed by atoms with Crippen LogP contribution in [0, 0.1) is 0 Å². The van der Waals surface area contributed by atoms with E-state index in [0.29, 0.717) is 29.6 Å². The molecule has 1 saturated heterocycles. The maximum atomic E-state index is 12.9. The predicted molar refractivity (Wildman–Crippen MR) is 116 cm³/mol. The summed E-state index contributed by atoms with van der Waals surface area (Å²) in [5, 5.41) is 0.516. The lowest BCUT2D eigenvalue weighted by molar-refractivity contribution is -0.135. The first-order valence-electron chi connectivity index (χ1n) is 9.19. The molecular formula is C22H22N2O5S. The number of ether oxygens (including phenoxy) is 3. The van der Waals surface area contributed by atoms with Gasteiger partial charge in [0.25, 0.3) is 5.91 Å². The number of para-hydroxylation sites is 1. The molecule has 2 aromatic carbocycles. The molecular weight excluding hydrogens is 404 g/mol. The van der Waals surface area contributed by atoms with Gasteiger partial charge in [0.15, 0.2) is 16.7 Å². The van der Waals surface area contributed by atoms with Crippen molar-refractivity contribution in [1.29, 1.82) is 0 Å². The highest BCUT2D eigenvalue weighted by molar-refractivity contribution is 8.18. The molecule has 0 atom stereocenters. The van der Waals surface area contributed by atoms with E-state index >= 15 is 0 Å². The molecule has 7 nitrogen and oxygen atoms in total. The molecule has 0 unspecified atom stereocenters. The fraction of sp³-hybridized carbons (Fsp3) is 0.227. The molecule has 0 aliphatic carbocycles. The normalized spacial score (nSPS) is 16.2. The first kappa shape index (κ1) is 21.4. The number of amidine groups is 1. The van der Waals surface area contributed by atoms with Gasteiger partial charge in [-0.15, -0.1) is 0 Å². The van der Waals surface area contributed by atoms with Crippen molar-refractivity contribution in [3.05, 3.63) is 65.1 Å². The molecule has 1 heterocycles. The van der Waals surface area contributed by atoms with E-state index in [-0.39, 0.29) is 10.8 Å². The first-order chi connectivity index (χ1) is 14.5. The summed E-state index contributed by atoms with van der Waals surface area (Å²) < 4.78 is 15.3. The fourth-order valence-corrected chi connectivity index (χ4v) is 3.83. The zero-order chi connectivity index (χ0) is 21.5. The minimum atomic E-state index is -0.577. The number of aliphatic imine (C=N–C) groups is 1. The monoisotopic (exact) mass is 426 g/mol. The third kappa shape index (κ3) is 5.01. The van der Waals surface area contributed by atoms with Gasteiger partial charge in [0.05, 0.1) is 31.9 Å². The van der Waals surface area contributed by atoms with Crippen LogP contribution in [0.2, 0.25) is 0 Å². The Morgan fingerprint density at radius 1 is 1.07 bits per heavy atom. The van der Waals surface area contributed by atoms with E-state index in [1.54, 1.807) is 19.1 Å². The molecule has 1 aliphatic heterocycles. The van der Waals surface area contributed by atoms with Gasteiger partial charge in [-0.05, 0) is 48.0 Å². The predicted octanol–water partition coefficient (Wildman–Crippen LogP) is 3.57. The van der Waals surface area contributed by atoms with Crippen molar-refractivity contribution in [3.63, 3.8) is 0 Å². The van der Waals surface area contributed by atoms with Crippen LogP contribution >= 0.6 is 11.8 Å². The second kappa shape index (κ2) is 9.98. The molecule has 0 bridgehead atoms. The quantitative estimate of drug-likeness (QED) is 0.498. The van der Waals surface area contributed by atoms with Crippen LogP contribution in [0.1, 0.15) is 5.56 Å². The van der Waals surface area contributed by atoms with Gasteiger partial charge in [0.1, 0.15) is 0 Å². The lowest BCUT2D eigenvalue weighted by Gasteiger charge is -2.16. The van der Waals surface area contributed by atoms with E-state index in [1.165, 1.54) is 13.2 Å². The summed E-state index contributed by atoms with van der Waals surface area (Å²) in [5.41, 5.74) is 1.71. The molecule has 8 heteroatoms. The number of benzene rings is 2. The summed E-state index contributed by atoms with van der Waals surface area (Å²) in [4.78, 5) is 31.0. The van der Waals surface area contributed by atoms with E-state index in [1.807, 2.05) is 48.5 Å². The molecule has 30 heavy (non-hydrogen) atoms. The van der Waals surface area contributed by atoms with Crippen molar-refractivity contribution < 1.29 is 23.8 Å². The van der Waals surface area contributed by atoms with Crippen LogP contribution in [0.4, 0.5) is 5.69 Å². The third-order valence-electron chi connectivity index (χ3n) is 4.39. The topological polar surface area (TPSA) is 77.4 Å². The van der Waals surface area contributed by atoms with Crippen LogP contribution in [0.25, 0.3) is 0 Å². The van der Waals surface area contributed by atoms with Crippen LogP contribution in [0.5, 0.6) is 11.5 Å². The Balaban J connectivity index is 1.85. The van der Waals surface area contributed by atoms with Gasteiger partial charge in [0.2, 0.25) is 0 Å². The Kier molecular flexibility index (Phi) is 7.13. The van der Waals surface area contributed by atoms with Gasteiger partial charge in [-0.1, -0.05) is 24.3 Å². The Morgan fingerprint density at radius 3 is 2.47 bits per heavy atom. The number of rotatable bonds is 7. The van der Waals surface area contributed by atoms with Crippen molar-refractivity contribution in [3.8, 4) is 11.5 Å². The average molecular weight is 426 g/mol. The van der Waals surface area contributed by atoms with Crippen molar-refractivity contribution in [1.82, 2.24) is 4.90 Å². The Morgan fingerprint density at radius 2 is 1.80 bits per heavy atom. The summed E-state index contributed by atoms with van der Waals surface area (Å²) in [6.07, 6.45) is 1.77.